The van der Waals surface area contributed by atoms with E-state index < -0.39 is 29.0 Å². The summed E-state index contributed by atoms with van der Waals surface area (Å²) in [4.78, 5) is 69.4. The Morgan fingerprint density at radius 2 is 1.61 bits per heavy atom. The van der Waals surface area contributed by atoms with Crippen LogP contribution in [0.3, 0.4) is 0 Å². The molecule has 5 aromatic rings. The summed E-state index contributed by atoms with van der Waals surface area (Å²) < 4.78 is 54.3. The summed E-state index contributed by atoms with van der Waals surface area (Å²) in [6, 6.07) is 12.7. The van der Waals surface area contributed by atoms with Crippen LogP contribution in [0.5, 0.6) is 11.5 Å². The maximum atomic E-state index is 13.8. The number of aromatic amines is 1. The number of carbonyl (C=O) groups excluding carboxylic acids is 2. The number of nitrogens with zero attached hydrogens (tertiary/aromatic N) is 6. The number of nitrogens with one attached hydrogen (secondary N) is 2. The number of hydrogen-bond acceptors (Lipinski definition) is 11. The maximum absolute atomic E-state index is 13.8. The molecule has 9 rings (SSSR count). The largest absolute Gasteiger partial charge is 0.493 e. The molecule has 3 aliphatic heterocycles. The molecule has 1 saturated carbocycles. The number of alkyl halides is 3. The summed E-state index contributed by atoms with van der Waals surface area (Å²) in [5.41, 5.74) is 5.90. The quantitative estimate of drug-likeness (QED) is 0.108. The average molecular weight is 1000 g/mol. The van der Waals surface area contributed by atoms with Gasteiger partial charge in [-0.05, 0) is 138 Å². The van der Waals surface area contributed by atoms with Gasteiger partial charge in [0.15, 0.2) is 11.5 Å². The fourth-order valence-corrected chi connectivity index (χ4v) is 11.3. The van der Waals surface area contributed by atoms with Gasteiger partial charge in [-0.15, -0.1) is 0 Å². The lowest BCUT2D eigenvalue weighted by Crippen LogP contribution is -2.48. The number of likely N-dealkylation sites (tertiary alicyclic amines) is 3. The zero-order valence-corrected chi connectivity index (χ0v) is 41.1. The molecule has 5 heterocycles. The second-order valence-electron chi connectivity index (χ2n) is 20.0. The van der Waals surface area contributed by atoms with Gasteiger partial charge in [-0.1, -0.05) is 11.6 Å². The van der Waals surface area contributed by atoms with Crippen molar-refractivity contribution in [2.45, 2.75) is 96.4 Å². The first-order valence-electron chi connectivity index (χ1n) is 24.6. The third-order valence-electron chi connectivity index (χ3n) is 15.3. The molecule has 378 valence electrons. The summed E-state index contributed by atoms with van der Waals surface area (Å²) >= 11 is 6.41. The number of ether oxygens (including phenoxy) is 2. The van der Waals surface area contributed by atoms with E-state index in [1.807, 2.05) is 9.80 Å². The number of nitrogen functional groups attached to an aromatic ring is 1. The molecular weight excluding hydrogens is 939 g/mol. The van der Waals surface area contributed by atoms with Crippen LogP contribution < -0.4 is 31.8 Å². The maximum Gasteiger partial charge on any atom is 0.416 e. The molecule has 3 aromatic carbocycles. The Morgan fingerprint density at radius 3 is 2.28 bits per heavy atom. The van der Waals surface area contributed by atoms with Crippen LogP contribution in [0.2, 0.25) is 5.02 Å². The van der Waals surface area contributed by atoms with Gasteiger partial charge in [0.05, 0.1) is 34.9 Å². The van der Waals surface area contributed by atoms with Gasteiger partial charge in [0, 0.05) is 86.4 Å². The summed E-state index contributed by atoms with van der Waals surface area (Å²) in [6.07, 6.45) is 6.18. The van der Waals surface area contributed by atoms with Crippen molar-refractivity contribution in [3.63, 3.8) is 0 Å². The Morgan fingerprint density at radius 1 is 0.887 bits per heavy atom. The highest BCUT2D eigenvalue weighted by Gasteiger charge is 2.40. The lowest BCUT2D eigenvalue weighted by Gasteiger charge is -2.47. The van der Waals surface area contributed by atoms with Crippen molar-refractivity contribution in [3.05, 3.63) is 109 Å². The summed E-state index contributed by atoms with van der Waals surface area (Å²) in [5, 5.41) is 4.19. The molecule has 71 heavy (non-hydrogen) atoms. The summed E-state index contributed by atoms with van der Waals surface area (Å²) in [7, 11) is 1.56. The van der Waals surface area contributed by atoms with E-state index in [0.29, 0.717) is 101 Å². The number of aromatic nitrogens is 4. The van der Waals surface area contributed by atoms with Crippen LogP contribution in [-0.2, 0) is 11.0 Å². The number of nitrogens with two attached hydrogens (primary N) is 1. The van der Waals surface area contributed by atoms with Gasteiger partial charge in [-0.25, -0.2) is 14.8 Å². The number of piperidine rings is 3. The molecule has 1 unspecified atom stereocenters. The molecule has 2 amide bonds. The van der Waals surface area contributed by atoms with E-state index in [2.05, 4.69) is 25.2 Å². The summed E-state index contributed by atoms with van der Waals surface area (Å²) in [6.45, 7) is 8.89. The fraction of sp³-hybridized carbons (Fsp3) is 0.500. The molecule has 19 heteroatoms. The Balaban J connectivity index is 0.724. The highest BCUT2D eigenvalue weighted by atomic mass is 35.5. The van der Waals surface area contributed by atoms with E-state index in [9.17, 15) is 32.3 Å². The molecule has 4 fully saturated rings. The van der Waals surface area contributed by atoms with Crippen molar-refractivity contribution >= 4 is 45.8 Å². The number of fused-ring (bicyclic) bond motifs is 1. The molecule has 15 nitrogen and oxygen atoms in total. The normalized spacial score (nSPS) is 19.0. The number of anilines is 2. The van der Waals surface area contributed by atoms with Crippen molar-refractivity contribution in [2.24, 2.45) is 17.3 Å². The molecular formula is C52H61ClF3N9O6. The number of methoxy groups -OCH3 is 1. The molecule has 1 aliphatic carbocycles. The number of halogens is 4. The van der Waals surface area contributed by atoms with Gasteiger partial charge in [-0.3, -0.25) is 23.9 Å². The molecule has 4 aliphatic rings. The van der Waals surface area contributed by atoms with Crippen LogP contribution in [0.4, 0.5) is 24.7 Å². The minimum absolute atomic E-state index is 0.00204. The van der Waals surface area contributed by atoms with Gasteiger partial charge in [0.2, 0.25) is 5.91 Å². The third-order valence-corrected chi connectivity index (χ3v) is 15.6. The summed E-state index contributed by atoms with van der Waals surface area (Å²) in [5.74, 6) is 2.63. The first-order valence-corrected chi connectivity index (χ1v) is 25.0. The molecule has 2 aromatic heterocycles. The van der Waals surface area contributed by atoms with Gasteiger partial charge in [0.25, 0.3) is 11.5 Å². The third kappa shape index (κ3) is 11.2. The number of amides is 2. The highest BCUT2D eigenvalue weighted by molar-refractivity contribution is 6.32. The Bertz CT molecular complexity index is 2900. The SMILES string of the molecule is COc1cc2nc(C)nc(NC(C)c3cc(N)cc(C(F)(F)F)c3)c2cc1OC1CCN(C(=O)C2CCN(CC3CCC4(CC3)CCN(C(=O)c3ccc(Cl)c(-n5ccc(=O)[nH]c5=O)c3)CC4)CC2)CC1. The van der Waals surface area contributed by atoms with E-state index in [1.165, 1.54) is 22.9 Å². The van der Waals surface area contributed by atoms with Gasteiger partial charge < -0.3 is 35.2 Å². The average Bonchev–Trinajstić information content (AvgIpc) is 3.35. The molecule has 1 spiro atoms. The smallest absolute Gasteiger partial charge is 0.416 e. The van der Waals surface area contributed by atoms with Gasteiger partial charge in [0.1, 0.15) is 17.7 Å². The van der Waals surface area contributed by atoms with Gasteiger partial charge >= 0.3 is 11.9 Å². The van der Waals surface area contributed by atoms with E-state index in [0.717, 1.165) is 83.1 Å². The Kier molecular flexibility index (Phi) is 14.4. The van der Waals surface area contributed by atoms with Crippen LogP contribution >= 0.6 is 11.6 Å². The number of H-pyrrole nitrogens is 1. The highest BCUT2D eigenvalue weighted by Crippen LogP contribution is 2.47. The minimum atomic E-state index is -4.54. The van der Waals surface area contributed by atoms with E-state index in [-0.39, 0.29) is 34.9 Å². The Labute approximate surface area is 414 Å². The van der Waals surface area contributed by atoms with Crippen molar-refractivity contribution in [2.75, 3.05) is 64.0 Å². The van der Waals surface area contributed by atoms with Crippen molar-refractivity contribution in [1.82, 2.24) is 34.2 Å². The first-order chi connectivity index (χ1) is 33.9. The molecule has 3 saturated heterocycles. The van der Waals surface area contributed by atoms with Gasteiger partial charge in [-0.2, -0.15) is 13.2 Å². The Hall–Kier alpha value is -6.14. The first kappa shape index (κ1) is 49.8. The van der Waals surface area contributed by atoms with Crippen molar-refractivity contribution in [3.8, 4) is 17.2 Å². The van der Waals surface area contributed by atoms with Crippen molar-refractivity contribution in [1.29, 1.82) is 0 Å². The van der Waals surface area contributed by atoms with E-state index in [1.54, 1.807) is 51.3 Å². The molecule has 4 N–H and O–H groups in total. The number of hydrogen-bond donors (Lipinski definition) is 3. The van der Waals surface area contributed by atoms with Crippen LogP contribution in [0.1, 0.15) is 104 Å². The standard InChI is InChI=1S/C52H61ClF3N9O6/c1-31(36-24-37(52(54,55)56)27-38(57)25-36)58-47-40-28-45(44(70-3)29-42(40)59-32(2)60-47)71-39-10-19-63(20-11-39)48(67)34-8-17-62(18-9-34)30-33-6-13-51(14-7-33)15-22-64(23-16-51)49(68)35-4-5-41(53)43(26-35)65-21-12-46(66)61-50(65)69/h4-5,12,21,24-29,31,33-34,39H,6-11,13-20,22-23,30,57H2,1-3H3,(H,58,59,60)(H,61,66,69). The predicted octanol–water partition coefficient (Wildman–Crippen LogP) is 8.41. The predicted molar refractivity (Wildman–Crippen MR) is 265 cm³/mol. The number of benzene rings is 3. The number of carbonyl (C=O) groups is 2. The minimum Gasteiger partial charge on any atom is -0.493 e. The number of rotatable bonds is 11. The van der Waals surface area contributed by atoms with E-state index >= 15 is 0 Å². The fourth-order valence-electron chi connectivity index (χ4n) is 11.1. The number of aryl methyl sites for hydroxylation is 1. The van der Waals surface area contributed by atoms with Crippen LogP contribution in [0.15, 0.2) is 70.4 Å². The van der Waals surface area contributed by atoms with Crippen LogP contribution in [0.25, 0.3) is 16.6 Å². The zero-order chi connectivity index (χ0) is 50.2. The molecule has 0 bridgehead atoms. The zero-order valence-electron chi connectivity index (χ0n) is 40.3. The van der Waals surface area contributed by atoms with E-state index in [4.69, 9.17) is 26.8 Å². The monoisotopic (exact) mass is 999 g/mol. The lowest BCUT2D eigenvalue weighted by molar-refractivity contribution is -0.139. The van der Waals surface area contributed by atoms with Crippen LogP contribution in [0, 0.1) is 24.2 Å². The lowest BCUT2D eigenvalue weighted by atomic mass is 9.65. The molecule has 1 atom stereocenters. The van der Waals surface area contributed by atoms with Crippen molar-refractivity contribution < 1.29 is 32.2 Å². The molecule has 0 radical (unpaired) electrons. The topological polar surface area (TPSA) is 181 Å². The second kappa shape index (κ2) is 20.5. The van der Waals surface area contributed by atoms with Crippen LogP contribution in [-0.4, -0.2) is 105 Å². The second-order valence-corrected chi connectivity index (χ2v) is 20.4.